The van der Waals surface area contributed by atoms with Crippen LogP contribution in [0.15, 0.2) is 0 Å². The fraction of sp³-hybridized carbons (Fsp3) is 1.00. The summed E-state index contributed by atoms with van der Waals surface area (Å²) in [4.78, 5) is 0. The lowest BCUT2D eigenvalue weighted by molar-refractivity contribution is -0.181. The van der Waals surface area contributed by atoms with Crippen LogP contribution < -0.4 is 0 Å². The van der Waals surface area contributed by atoms with Gasteiger partial charge < -0.3 is 14.6 Å². The van der Waals surface area contributed by atoms with Crippen LogP contribution in [0, 0.1) is 5.92 Å². The van der Waals surface area contributed by atoms with Gasteiger partial charge in [0.05, 0.1) is 13.2 Å². The minimum atomic E-state index is 0.0541. The number of ether oxygens (including phenoxy) is 2. The van der Waals surface area contributed by atoms with Crippen molar-refractivity contribution in [3.63, 3.8) is 0 Å². The van der Waals surface area contributed by atoms with E-state index in [1.54, 1.807) is 0 Å². The zero-order valence-corrected chi connectivity index (χ0v) is 11.9. The highest BCUT2D eigenvalue weighted by atomic mass is 16.7. The number of aliphatic hydroxyl groups excluding tert-OH is 1. The van der Waals surface area contributed by atoms with Gasteiger partial charge >= 0.3 is 0 Å². The number of rotatable bonds is 10. The predicted octanol–water partition coefficient (Wildman–Crippen LogP) is 3.50. The molecule has 1 saturated heterocycles. The average Bonchev–Trinajstić information content (AvgIpc) is 2.40. The number of hydrogen-bond acceptors (Lipinski definition) is 3. The first kappa shape index (κ1) is 15.9. The maximum atomic E-state index is 8.82. The van der Waals surface area contributed by atoms with Gasteiger partial charge in [-0.3, -0.25) is 0 Å². The Morgan fingerprint density at radius 3 is 2.44 bits per heavy atom. The van der Waals surface area contributed by atoms with Gasteiger partial charge in [0, 0.05) is 6.61 Å². The fourth-order valence-electron chi connectivity index (χ4n) is 2.66. The Kier molecular flexibility index (Phi) is 9.54. The fourth-order valence-corrected chi connectivity index (χ4v) is 2.66. The summed E-state index contributed by atoms with van der Waals surface area (Å²) in [7, 11) is 0. The van der Waals surface area contributed by atoms with Crippen molar-refractivity contribution < 1.29 is 14.6 Å². The minimum absolute atomic E-state index is 0.0541. The Hall–Kier alpha value is -0.120. The molecule has 0 aromatic heterocycles. The first-order valence-corrected chi connectivity index (χ1v) is 7.71. The van der Waals surface area contributed by atoms with E-state index in [1.807, 2.05) is 0 Å². The Labute approximate surface area is 112 Å². The molecule has 3 heteroatoms. The van der Waals surface area contributed by atoms with Crippen molar-refractivity contribution in [2.45, 2.75) is 71.0 Å². The largest absolute Gasteiger partial charge is 0.396 e. The molecule has 108 valence electrons. The Bertz CT molecular complexity index is 179. The van der Waals surface area contributed by atoms with E-state index >= 15 is 0 Å². The zero-order valence-electron chi connectivity index (χ0n) is 11.9. The lowest BCUT2D eigenvalue weighted by Gasteiger charge is -2.24. The van der Waals surface area contributed by atoms with E-state index in [0.717, 1.165) is 44.8 Å². The van der Waals surface area contributed by atoms with Gasteiger partial charge in [0.1, 0.15) is 0 Å². The van der Waals surface area contributed by atoms with Gasteiger partial charge in [0.15, 0.2) is 6.29 Å². The van der Waals surface area contributed by atoms with Crippen molar-refractivity contribution in [2.24, 2.45) is 5.92 Å². The number of hydrogen-bond donors (Lipinski definition) is 1. The van der Waals surface area contributed by atoms with Gasteiger partial charge in [-0.15, -0.1) is 0 Å². The Balaban J connectivity index is 2.07. The topological polar surface area (TPSA) is 38.7 Å². The van der Waals surface area contributed by atoms with Crippen LogP contribution in [-0.4, -0.2) is 31.2 Å². The van der Waals surface area contributed by atoms with Crippen molar-refractivity contribution in [2.75, 3.05) is 19.8 Å². The van der Waals surface area contributed by atoms with Crippen LogP contribution in [0.1, 0.15) is 64.7 Å². The van der Waals surface area contributed by atoms with Gasteiger partial charge in [-0.05, 0) is 31.6 Å². The molecule has 1 atom stereocenters. The molecule has 0 radical (unpaired) electrons. The van der Waals surface area contributed by atoms with Crippen LogP contribution in [0.5, 0.6) is 0 Å². The highest BCUT2D eigenvalue weighted by molar-refractivity contribution is 4.61. The molecule has 1 aliphatic rings. The molecule has 0 amide bonds. The molecule has 0 bridgehead atoms. The average molecular weight is 258 g/mol. The molecule has 1 rings (SSSR count). The van der Waals surface area contributed by atoms with Crippen LogP contribution in [0.4, 0.5) is 0 Å². The SMILES string of the molecule is CCCC(CCCCO)CCCC1OCCCO1. The maximum Gasteiger partial charge on any atom is 0.157 e. The van der Waals surface area contributed by atoms with Gasteiger partial charge in [-0.1, -0.05) is 39.0 Å². The van der Waals surface area contributed by atoms with Crippen LogP contribution >= 0.6 is 0 Å². The molecule has 1 heterocycles. The molecule has 1 fully saturated rings. The van der Waals surface area contributed by atoms with Crippen molar-refractivity contribution >= 4 is 0 Å². The third-order valence-corrected chi connectivity index (χ3v) is 3.67. The molecule has 1 unspecified atom stereocenters. The second-order valence-corrected chi connectivity index (χ2v) is 5.33. The standard InChI is InChI=1S/C15H30O3/c1-2-7-14(8-3-4-11-16)9-5-10-15-17-12-6-13-18-15/h14-16H,2-13H2,1H3. The van der Waals surface area contributed by atoms with Crippen LogP contribution in [0.2, 0.25) is 0 Å². The highest BCUT2D eigenvalue weighted by Gasteiger charge is 2.15. The number of unbranched alkanes of at least 4 members (excludes halogenated alkanes) is 1. The van der Waals surface area contributed by atoms with Gasteiger partial charge in [0.25, 0.3) is 0 Å². The van der Waals surface area contributed by atoms with E-state index in [4.69, 9.17) is 14.6 Å². The summed E-state index contributed by atoms with van der Waals surface area (Å²) in [5.74, 6) is 0.824. The Morgan fingerprint density at radius 1 is 1.06 bits per heavy atom. The monoisotopic (exact) mass is 258 g/mol. The van der Waals surface area contributed by atoms with Crippen LogP contribution in [-0.2, 0) is 9.47 Å². The quantitative estimate of drug-likeness (QED) is 0.610. The predicted molar refractivity (Wildman–Crippen MR) is 73.5 cm³/mol. The summed E-state index contributed by atoms with van der Waals surface area (Å²) in [5.41, 5.74) is 0. The van der Waals surface area contributed by atoms with E-state index in [2.05, 4.69) is 6.92 Å². The maximum absolute atomic E-state index is 8.82. The van der Waals surface area contributed by atoms with Crippen LogP contribution in [0.3, 0.4) is 0 Å². The van der Waals surface area contributed by atoms with Crippen LogP contribution in [0.25, 0.3) is 0 Å². The second kappa shape index (κ2) is 10.8. The summed E-state index contributed by atoms with van der Waals surface area (Å²) in [6.45, 7) is 4.31. The highest BCUT2D eigenvalue weighted by Crippen LogP contribution is 2.22. The van der Waals surface area contributed by atoms with Crippen molar-refractivity contribution in [3.8, 4) is 0 Å². The third-order valence-electron chi connectivity index (χ3n) is 3.67. The molecular formula is C15H30O3. The summed E-state index contributed by atoms with van der Waals surface area (Å²) in [6.07, 6.45) is 10.6. The lowest BCUT2D eigenvalue weighted by atomic mass is 9.92. The molecule has 0 aliphatic carbocycles. The summed E-state index contributed by atoms with van der Waals surface area (Å²) in [6, 6.07) is 0. The molecular weight excluding hydrogens is 228 g/mol. The molecule has 0 aromatic carbocycles. The molecule has 18 heavy (non-hydrogen) atoms. The van der Waals surface area contributed by atoms with Gasteiger partial charge in [-0.25, -0.2) is 0 Å². The normalized spacial score (nSPS) is 19.0. The van der Waals surface area contributed by atoms with Gasteiger partial charge in [-0.2, -0.15) is 0 Å². The van der Waals surface area contributed by atoms with E-state index < -0.39 is 0 Å². The molecule has 0 aromatic rings. The molecule has 3 nitrogen and oxygen atoms in total. The van der Waals surface area contributed by atoms with E-state index in [9.17, 15) is 0 Å². The second-order valence-electron chi connectivity index (χ2n) is 5.33. The first-order valence-electron chi connectivity index (χ1n) is 7.71. The molecule has 0 saturated carbocycles. The number of aliphatic hydroxyl groups is 1. The van der Waals surface area contributed by atoms with E-state index in [1.165, 1.54) is 32.1 Å². The molecule has 0 spiro atoms. The molecule has 1 N–H and O–H groups in total. The molecule has 1 aliphatic heterocycles. The van der Waals surface area contributed by atoms with E-state index in [0.29, 0.717) is 6.61 Å². The van der Waals surface area contributed by atoms with Crippen molar-refractivity contribution in [3.05, 3.63) is 0 Å². The van der Waals surface area contributed by atoms with Crippen molar-refractivity contribution in [1.29, 1.82) is 0 Å². The summed E-state index contributed by atoms with van der Waals surface area (Å²) >= 11 is 0. The Morgan fingerprint density at radius 2 is 1.78 bits per heavy atom. The summed E-state index contributed by atoms with van der Waals surface area (Å²) in [5, 5.41) is 8.82. The third kappa shape index (κ3) is 7.34. The lowest BCUT2D eigenvalue weighted by Crippen LogP contribution is -2.24. The van der Waals surface area contributed by atoms with Crippen molar-refractivity contribution in [1.82, 2.24) is 0 Å². The zero-order chi connectivity index (χ0) is 13.1. The first-order chi connectivity index (χ1) is 8.86. The summed E-state index contributed by atoms with van der Waals surface area (Å²) < 4.78 is 11.1. The van der Waals surface area contributed by atoms with Gasteiger partial charge in [0.2, 0.25) is 0 Å². The van der Waals surface area contributed by atoms with E-state index in [-0.39, 0.29) is 6.29 Å². The smallest absolute Gasteiger partial charge is 0.157 e. The minimum Gasteiger partial charge on any atom is -0.396 e.